The first kappa shape index (κ1) is 32.6. The Balaban J connectivity index is 1.80. The number of azide groups is 1. The Bertz CT molecular complexity index is 743. The number of quaternary nitrogens is 1. The fraction of sp³-hybridized carbons (Fsp3) is 0.759. The molecule has 1 rings (SSSR count). The number of aryl methyl sites for hydroxylation is 1. The van der Waals surface area contributed by atoms with Gasteiger partial charge < -0.3 is 9.38 Å². The molecule has 0 aliphatic heterocycles. The fourth-order valence-electron chi connectivity index (χ4n) is 4.46. The Morgan fingerprint density at radius 2 is 1.19 bits per heavy atom. The lowest BCUT2D eigenvalue weighted by atomic mass is 10.0. The van der Waals surface area contributed by atoms with Crippen molar-refractivity contribution >= 4 is 19.4 Å². The minimum absolute atomic E-state index is 0.0427. The van der Waals surface area contributed by atoms with E-state index in [-0.39, 0.29) is 5.52 Å². The van der Waals surface area contributed by atoms with Crippen LogP contribution in [0.3, 0.4) is 0 Å². The van der Waals surface area contributed by atoms with E-state index in [2.05, 4.69) is 22.2 Å². The van der Waals surface area contributed by atoms with E-state index >= 15 is 0 Å². The Morgan fingerprint density at radius 1 is 0.778 bits per heavy atom. The van der Waals surface area contributed by atoms with Crippen molar-refractivity contribution in [3.8, 4) is 0 Å². The highest BCUT2D eigenvalue weighted by atomic mass is 31.1. The van der Waals surface area contributed by atoms with Crippen LogP contribution in [0.1, 0.15) is 108 Å². The highest BCUT2D eigenvalue weighted by Crippen LogP contribution is 2.33. The molecule has 0 bridgehead atoms. The summed E-state index contributed by atoms with van der Waals surface area (Å²) < 4.78 is 0.596. The Labute approximate surface area is 221 Å². The summed E-state index contributed by atoms with van der Waals surface area (Å²) in [5.41, 5.74) is 10.5. The molecule has 0 fully saturated rings. The van der Waals surface area contributed by atoms with Gasteiger partial charge in [-0.25, -0.2) is 0 Å². The lowest BCUT2D eigenvalue weighted by molar-refractivity contribution is -0.861. The van der Waals surface area contributed by atoms with E-state index in [9.17, 15) is 9.69 Å². The Hall–Kier alpha value is -1.45. The van der Waals surface area contributed by atoms with Crippen LogP contribution < -0.4 is 0 Å². The molecule has 1 atom stereocenters. The third kappa shape index (κ3) is 18.8. The molecule has 0 aliphatic rings. The van der Waals surface area contributed by atoms with Gasteiger partial charge in [0.15, 0.2) is 0 Å². The standard InChI is InChI=1S/C29H52N4O2P/c1-33(2,3)26-29(34)36(35)25-19-17-15-13-11-9-7-5-4-6-8-10-12-14-16-18-20-27-21-23-28(24-22-27)31-32-30/h21-24,35H,4-20,25-26H2,1-3H3/q+1. The summed E-state index contributed by atoms with van der Waals surface area (Å²) in [6, 6.07) is 7.92. The number of carbonyl (C=O) groups excluding carboxylic acids is 1. The average Bonchev–Trinajstić information content (AvgIpc) is 2.83. The van der Waals surface area contributed by atoms with Crippen molar-refractivity contribution in [1.29, 1.82) is 0 Å². The zero-order valence-electron chi connectivity index (χ0n) is 23.3. The molecule has 204 valence electrons. The highest BCUT2D eigenvalue weighted by Gasteiger charge is 2.21. The van der Waals surface area contributed by atoms with Gasteiger partial charge in [-0.15, -0.1) is 0 Å². The maximum absolute atomic E-state index is 12.0. The zero-order valence-corrected chi connectivity index (χ0v) is 24.2. The molecular formula is C29H52N4O2P+. The van der Waals surface area contributed by atoms with Crippen molar-refractivity contribution in [3.05, 3.63) is 40.3 Å². The van der Waals surface area contributed by atoms with E-state index in [4.69, 9.17) is 5.53 Å². The SMILES string of the molecule is C[N+](C)(C)CC(=O)P(O)CCCCCCCCCCCCCCCCCCc1ccc(N=[N+]=[N-])cc1. The van der Waals surface area contributed by atoms with Gasteiger partial charge in [0.2, 0.25) is 5.52 Å². The quantitative estimate of drug-likeness (QED) is 0.0390. The summed E-state index contributed by atoms with van der Waals surface area (Å²) in [5, 5.41) is 3.61. The summed E-state index contributed by atoms with van der Waals surface area (Å²) in [7, 11) is 4.55. The number of hydrogen-bond donors (Lipinski definition) is 1. The molecule has 1 aromatic rings. The molecule has 0 radical (unpaired) electrons. The van der Waals surface area contributed by atoms with Crippen molar-refractivity contribution in [2.24, 2.45) is 5.11 Å². The number of unbranched alkanes of at least 4 members (excludes halogenated alkanes) is 15. The van der Waals surface area contributed by atoms with Crippen LogP contribution in [0.5, 0.6) is 0 Å². The molecule has 0 aliphatic carbocycles. The predicted octanol–water partition coefficient (Wildman–Crippen LogP) is 9.03. The van der Waals surface area contributed by atoms with Crippen LogP contribution in [0, 0.1) is 0 Å². The summed E-state index contributed by atoms with van der Waals surface area (Å²) in [4.78, 5) is 24.9. The highest BCUT2D eigenvalue weighted by molar-refractivity contribution is 7.69. The van der Waals surface area contributed by atoms with Gasteiger partial charge in [0, 0.05) is 10.6 Å². The fourth-order valence-corrected chi connectivity index (χ4v) is 5.82. The zero-order chi connectivity index (χ0) is 26.5. The number of hydrogen-bond acceptors (Lipinski definition) is 3. The first-order valence-electron chi connectivity index (χ1n) is 14.3. The number of nitrogens with zero attached hydrogens (tertiary/aromatic N) is 4. The lowest BCUT2D eigenvalue weighted by Crippen LogP contribution is -2.39. The minimum Gasteiger partial charge on any atom is -0.366 e. The summed E-state index contributed by atoms with van der Waals surface area (Å²) in [6.07, 6.45) is 22.6. The van der Waals surface area contributed by atoms with Gasteiger partial charge in [-0.05, 0) is 36.5 Å². The van der Waals surface area contributed by atoms with Gasteiger partial charge in [-0.2, -0.15) is 0 Å². The van der Waals surface area contributed by atoms with E-state index in [0.717, 1.165) is 19.3 Å². The maximum Gasteiger partial charge on any atom is 0.234 e. The molecule has 6 nitrogen and oxygen atoms in total. The second kappa shape index (κ2) is 20.6. The van der Waals surface area contributed by atoms with Crippen LogP contribution in [0.15, 0.2) is 29.4 Å². The molecule has 0 spiro atoms. The molecule has 0 saturated carbocycles. The second-order valence-corrected chi connectivity index (χ2v) is 13.0. The van der Waals surface area contributed by atoms with Crippen LogP contribution in [0.4, 0.5) is 5.69 Å². The van der Waals surface area contributed by atoms with Crippen LogP contribution in [-0.4, -0.2) is 48.8 Å². The van der Waals surface area contributed by atoms with E-state index in [0.29, 0.717) is 22.9 Å². The third-order valence-corrected chi connectivity index (χ3v) is 8.04. The van der Waals surface area contributed by atoms with Gasteiger partial charge in [0.25, 0.3) is 0 Å². The topological polar surface area (TPSA) is 86.1 Å². The monoisotopic (exact) mass is 519 g/mol. The molecule has 1 unspecified atom stereocenters. The van der Waals surface area contributed by atoms with Crippen LogP contribution in [-0.2, 0) is 11.2 Å². The van der Waals surface area contributed by atoms with Crippen molar-refractivity contribution < 1.29 is 14.2 Å². The molecule has 1 N–H and O–H groups in total. The second-order valence-electron chi connectivity index (χ2n) is 11.2. The molecular weight excluding hydrogens is 467 g/mol. The number of rotatable bonds is 23. The predicted molar refractivity (Wildman–Crippen MR) is 155 cm³/mol. The molecule has 0 saturated heterocycles. The number of benzene rings is 1. The van der Waals surface area contributed by atoms with E-state index < -0.39 is 8.15 Å². The summed E-state index contributed by atoms with van der Waals surface area (Å²) in [6.45, 7) is 0.432. The van der Waals surface area contributed by atoms with Gasteiger partial charge in [0.05, 0.1) is 21.1 Å². The molecule has 7 heteroatoms. The molecule has 1 aromatic carbocycles. The first-order chi connectivity index (χ1) is 17.3. The molecule has 0 heterocycles. The third-order valence-electron chi connectivity index (χ3n) is 6.58. The van der Waals surface area contributed by atoms with Crippen LogP contribution >= 0.6 is 8.15 Å². The smallest absolute Gasteiger partial charge is 0.234 e. The first-order valence-corrected chi connectivity index (χ1v) is 15.7. The Kier molecular flexibility index (Phi) is 18.6. The van der Waals surface area contributed by atoms with Gasteiger partial charge in [0.1, 0.15) is 14.7 Å². The maximum atomic E-state index is 12.0. The van der Waals surface area contributed by atoms with E-state index in [1.54, 1.807) is 0 Å². The average molecular weight is 520 g/mol. The Morgan fingerprint density at radius 3 is 1.61 bits per heavy atom. The lowest BCUT2D eigenvalue weighted by Gasteiger charge is -2.23. The van der Waals surface area contributed by atoms with Crippen LogP contribution in [0.2, 0.25) is 0 Å². The number of likely N-dealkylation sites (N-methyl/N-ethyl adjacent to an activating group) is 1. The van der Waals surface area contributed by atoms with Gasteiger partial charge >= 0.3 is 0 Å². The van der Waals surface area contributed by atoms with E-state index in [1.165, 1.54) is 95.5 Å². The number of carbonyl (C=O) groups is 1. The molecule has 0 aromatic heterocycles. The van der Waals surface area contributed by atoms with E-state index in [1.807, 2.05) is 33.3 Å². The van der Waals surface area contributed by atoms with Gasteiger partial charge in [-0.3, -0.25) is 4.79 Å². The van der Waals surface area contributed by atoms with Crippen molar-refractivity contribution in [1.82, 2.24) is 0 Å². The van der Waals surface area contributed by atoms with Crippen molar-refractivity contribution in [2.75, 3.05) is 33.8 Å². The van der Waals surface area contributed by atoms with Crippen molar-refractivity contribution in [2.45, 2.75) is 109 Å². The summed E-state index contributed by atoms with van der Waals surface area (Å²) in [5.74, 6) is 0. The normalized spacial score (nSPS) is 12.3. The van der Waals surface area contributed by atoms with Crippen LogP contribution in [0.25, 0.3) is 10.4 Å². The molecule has 0 amide bonds. The van der Waals surface area contributed by atoms with Crippen molar-refractivity contribution in [3.63, 3.8) is 0 Å². The summed E-state index contributed by atoms with van der Waals surface area (Å²) >= 11 is 0. The van der Waals surface area contributed by atoms with Gasteiger partial charge in [-0.1, -0.05) is 119 Å². The minimum atomic E-state index is -1.43. The largest absolute Gasteiger partial charge is 0.366 e. The molecule has 36 heavy (non-hydrogen) atoms.